The van der Waals surface area contributed by atoms with Crippen LogP contribution in [0.1, 0.15) is 20.3 Å². The number of carbonyl (C=O) groups excluding carboxylic acids is 1. The number of nitrogens with zero attached hydrogens (tertiary/aromatic N) is 2. The summed E-state index contributed by atoms with van der Waals surface area (Å²) in [6.07, 6.45) is 1.02. The van der Waals surface area contributed by atoms with Crippen LogP contribution in [-0.4, -0.2) is 27.8 Å². The van der Waals surface area contributed by atoms with Crippen LogP contribution in [-0.2, 0) is 11.3 Å². The second kappa shape index (κ2) is 6.99. The van der Waals surface area contributed by atoms with Crippen molar-refractivity contribution in [3.63, 3.8) is 0 Å². The number of halogens is 1. The van der Waals surface area contributed by atoms with Gasteiger partial charge in [-0.05, 0) is 31.5 Å². The fourth-order valence-electron chi connectivity index (χ4n) is 2.01. The Labute approximate surface area is 127 Å². The monoisotopic (exact) mass is 311 g/mol. The van der Waals surface area contributed by atoms with Gasteiger partial charge in [-0.1, -0.05) is 30.3 Å². The highest BCUT2D eigenvalue weighted by Crippen LogP contribution is 2.26. The first-order valence-electron chi connectivity index (χ1n) is 6.71. The van der Waals surface area contributed by atoms with Crippen LogP contribution in [0.25, 0.3) is 11.0 Å². The van der Waals surface area contributed by atoms with Crippen molar-refractivity contribution < 1.29 is 4.79 Å². The van der Waals surface area contributed by atoms with Gasteiger partial charge in [0.1, 0.15) is 0 Å². The van der Waals surface area contributed by atoms with E-state index < -0.39 is 0 Å². The van der Waals surface area contributed by atoms with E-state index in [-0.39, 0.29) is 5.91 Å². The molecule has 0 atom stereocenters. The van der Waals surface area contributed by atoms with E-state index >= 15 is 0 Å². The SMILES string of the molecule is CCCn1c(SCC(=O)NCC)nc2cc(Cl)ccc21. The Balaban J connectivity index is 2.26. The maximum absolute atomic E-state index is 11.6. The predicted octanol–water partition coefficient (Wildman–Crippen LogP) is 3.33. The topological polar surface area (TPSA) is 46.9 Å². The minimum Gasteiger partial charge on any atom is -0.356 e. The first-order chi connectivity index (χ1) is 9.65. The predicted molar refractivity (Wildman–Crippen MR) is 84.4 cm³/mol. The number of aryl methyl sites for hydroxylation is 1. The average molecular weight is 312 g/mol. The lowest BCUT2D eigenvalue weighted by Gasteiger charge is -2.07. The van der Waals surface area contributed by atoms with Gasteiger partial charge in [-0.3, -0.25) is 4.79 Å². The molecule has 0 aliphatic carbocycles. The van der Waals surface area contributed by atoms with Crippen molar-refractivity contribution in [3.8, 4) is 0 Å². The Hall–Kier alpha value is -1.20. The molecule has 0 aliphatic heterocycles. The highest BCUT2D eigenvalue weighted by atomic mass is 35.5. The fraction of sp³-hybridized carbons (Fsp3) is 0.429. The Morgan fingerprint density at radius 2 is 2.25 bits per heavy atom. The minimum atomic E-state index is 0.0330. The number of amides is 1. The number of carbonyl (C=O) groups is 1. The molecule has 2 aromatic rings. The summed E-state index contributed by atoms with van der Waals surface area (Å²) in [5, 5.41) is 4.34. The molecule has 0 aliphatic rings. The van der Waals surface area contributed by atoms with Crippen LogP contribution in [0.4, 0.5) is 0 Å². The van der Waals surface area contributed by atoms with Crippen LogP contribution < -0.4 is 5.32 Å². The standard InChI is InChI=1S/C14H18ClN3OS/c1-3-7-18-12-6-5-10(15)8-11(12)17-14(18)20-9-13(19)16-4-2/h5-6,8H,3-4,7,9H2,1-2H3,(H,16,19). The summed E-state index contributed by atoms with van der Waals surface area (Å²) in [6.45, 7) is 5.58. The Bertz CT molecular complexity index is 612. The van der Waals surface area contributed by atoms with Crippen molar-refractivity contribution in [1.29, 1.82) is 0 Å². The number of thioether (sulfide) groups is 1. The van der Waals surface area contributed by atoms with Crippen molar-refractivity contribution in [2.24, 2.45) is 0 Å². The largest absolute Gasteiger partial charge is 0.356 e. The van der Waals surface area contributed by atoms with Gasteiger partial charge in [-0.15, -0.1) is 0 Å². The van der Waals surface area contributed by atoms with Crippen molar-refractivity contribution >= 4 is 40.3 Å². The Morgan fingerprint density at radius 3 is 2.95 bits per heavy atom. The molecule has 1 heterocycles. The molecule has 108 valence electrons. The van der Waals surface area contributed by atoms with E-state index in [1.165, 1.54) is 11.8 Å². The summed E-state index contributed by atoms with van der Waals surface area (Å²) >= 11 is 7.47. The molecule has 1 aromatic carbocycles. The summed E-state index contributed by atoms with van der Waals surface area (Å²) in [7, 11) is 0. The van der Waals surface area contributed by atoms with Crippen LogP contribution in [0.15, 0.2) is 23.4 Å². The number of aromatic nitrogens is 2. The maximum atomic E-state index is 11.6. The smallest absolute Gasteiger partial charge is 0.230 e. The van der Waals surface area contributed by atoms with E-state index in [2.05, 4.69) is 21.8 Å². The van der Waals surface area contributed by atoms with Gasteiger partial charge in [-0.2, -0.15) is 0 Å². The molecule has 0 radical (unpaired) electrons. The molecule has 0 saturated carbocycles. The zero-order valence-corrected chi connectivity index (χ0v) is 13.2. The van der Waals surface area contributed by atoms with E-state index in [9.17, 15) is 4.79 Å². The molecule has 0 fully saturated rings. The first-order valence-corrected chi connectivity index (χ1v) is 8.07. The van der Waals surface area contributed by atoms with E-state index in [1.54, 1.807) is 0 Å². The van der Waals surface area contributed by atoms with Crippen LogP contribution in [0, 0.1) is 0 Å². The van der Waals surface area contributed by atoms with Gasteiger partial charge in [0, 0.05) is 18.1 Å². The van der Waals surface area contributed by atoms with Gasteiger partial charge in [-0.25, -0.2) is 4.98 Å². The van der Waals surface area contributed by atoms with Crippen LogP contribution >= 0.6 is 23.4 Å². The van der Waals surface area contributed by atoms with Crippen molar-refractivity contribution in [2.45, 2.75) is 32.0 Å². The summed E-state index contributed by atoms with van der Waals surface area (Å²) < 4.78 is 2.15. The lowest BCUT2D eigenvalue weighted by Crippen LogP contribution is -2.24. The summed E-state index contributed by atoms with van der Waals surface area (Å²) in [6, 6.07) is 5.71. The van der Waals surface area contributed by atoms with Crippen LogP contribution in [0.5, 0.6) is 0 Å². The Morgan fingerprint density at radius 1 is 1.45 bits per heavy atom. The zero-order chi connectivity index (χ0) is 14.5. The molecule has 20 heavy (non-hydrogen) atoms. The van der Waals surface area contributed by atoms with Crippen molar-refractivity contribution in [1.82, 2.24) is 14.9 Å². The van der Waals surface area contributed by atoms with Crippen LogP contribution in [0.2, 0.25) is 5.02 Å². The molecule has 1 N–H and O–H groups in total. The average Bonchev–Trinajstić information content (AvgIpc) is 2.74. The summed E-state index contributed by atoms with van der Waals surface area (Å²) in [5.41, 5.74) is 1.94. The van der Waals surface area contributed by atoms with Gasteiger partial charge in [0.25, 0.3) is 0 Å². The number of imidazole rings is 1. The van der Waals surface area contributed by atoms with Gasteiger partial charge in [0.05, 0.1) is 16.8 Å². The number of fused-ring (bicyclic) bond motifs is 1. The second-order valence-electron chi connectivity index (χ2n) is 4.42. The van der Waals surface area contributed by atoms with Crippen molar-refractivity contribution in [2.75, 3.05) is 12.3 Å². The van der Waals surface area contributed by atoms with E-state index in [1.807, 2.05) is 25.1 Å². The van der Waals surface area contributed by atoms with E-state index in [4.69, 9.17) is 11.6 Å². The second-order valence-corrected chi connectivity index (χ2v) is 5.80. The quantitative estimate of drug-likeness (QED) is 0.832. The number of rotatable bonds is 6. The summed E-state index contributed by atoms with van der Waals surface area (Å²) in [5.74, 6) is 0.417. The molecule has 0 bridgehead atoms. The lowest BCUT2D eigenvalue weighted by molar-refractivity contribution is -0.118. The number of nitrogens with one attached hydrogen (secondary N) is 1. The molecule has 1 aromatic heterocycles. The van der Waals surface area contributed by atoms with E-state index in [0.717, 1.165) is 29.2 Å². The van der Waals surface area contributed by atoms with Gasteiger partial charge in [0.2, 0.25) is 5.91 Å². The minimum absolute atomic E-state index is 0.0330. The molecule has 2 rings (SSSR count). The van der Waals surface area contributed by atoms with Gasteiger partial charge >= 0.3 is 0 Å². The number of hydrogen-bond donors (Lipinski definition) is 1. The zero-order valence-electron chi connectivity index (χ0n) is 11.6. The molecule has 4 nitrogen and oxygen atoms in total. The molecule has 0 unspecified atom stereocenters. The third-order valence-electron chi connectivity index (χ3n) is 2.83. The first kappa shape index (κ1) is 15.2. The third kappa shape index (κ3) is 3.46. The molecular weight excluding hydrogens is 294 g/mol. The highest BCUT2D eigenvalue weighted by Gasteiger charge is 2.12. The number of hydrogen-bond acceptors (Lipinski definition) is 3. The van der Waals surface area contributed by atoms with Gasteiger partial charge < -0.3 is 9.88 Å². The fourth-order valence-corrected chi connectivity index (χ4v) is 3.05. The lowest BCUT2D eigenvalue weighted by atomic mass is 10.3. The molecule has 1 amide bonds. The molecule has 0 spiro atoms. The summed E-state index contributed by atoms with van der Waals surface area (Å²) in [4.78, 5) is 16.2. The molecular formula is C14H18ClN3OS. The highest BCUT2D eigenvalue weighted by molar-refractivity contribution is 7.99. The molecule has 6 heteroatoms. The van der Waals surface area contributed by atoms with Gasteiger partial charge in [0.15, 0.2) is 5.16 Å². The van der Waals surface area contributed by atoms with Crippen LogP contribution in [0.3, 0.4) is 0 Å². The third-order valence-corrected chi connectivity index (χ3v) is 4.04. The Kier molecular flexibility index (Phi) is 5.31. The van der Waals surface area contributed by atoms with E-state index in [0.29, 0.717) is 17.3 Å². The molecule has 0 saturated heterocycles. The normalized spacial score (nSPS) is 10.9. The van der Waals surface area contributed by atoms with Crippen molar-refractivity contribution in [3.05, 3.63) is 23.2 Å². The number of benzene rings is 1. The maximum Gasteiger partial charge on any atom is 0.230 e.